The number of amides is 1. The lowest BCUT2D eigenvalue weighted by Gasteiger charge is -2.24. The Bertz CT molecular complexity index is 730. The number of carboxylic acids is 1. The summed E-state index contributed by atoms with van der Waals surface area (Å²) >= 11 is 0. The van der Waals surface area contributed by atoms with E-state index in [-0.39, 0.29) is 24.9 Å². The van der Waals surface area contributed by atoms with Crippen molar-refractivity contribution in [3.8, 4) is 11.7 Å². The molecule has 1 N–H and O–H groups in total. The second-order valence-electron chi connectivity index (χ2n) is 6.19. The smallest absolute Gasteiger partial charge is 0.308 e. The van der Waals surface area contributed by atoms with Crippen molar-refractivity contribution in [1.82, 2.24) is 9.88 Å². The van der Waals surface area contributed by atoms with Gasteiger partial charge in [-0.25, -0.2) is 4.98 Å². The number of hydrogen-bond donors (Lipinski definition) is 1. The Kier molecular flexibility index (Phi) is 4.42. The van der Waals surface area contributed by atoms with Crippen molar-refractivity contribution in [2.24, 2.45) is 5.92 Å². The molecule has 0 saturated heterocycles. The van der Waals surface area contributed by atoms with Crippen LogP contribution in [0.4, 0.5) is 0 Å². The fourth-order valence-electron chi connectivity index (χ4n) is 2.56. The van der Waals surface area contributed by atoms with Crippen LogP contribution in [0.1, 0.15) is 31.2 Å². The van der Waals surface area contributed by atoms with E-state index in [2.05, 4.69) is 4.98 Å². The van der Waals surface area contributed by atoms with E-state index in [1.54, 1.807) is 30.9 Å². The van der Waals surface area contributed by atoms with Gasteiger partial charge in [-0.15, -0.1) is 0 Å². The minimum absolute atomic E-state index is 0.0961. The summed E-state index contributed by atoms with van der Waals surface area (Å²) in [6, 6.07) is 3.63. The number of aryl methyl sites for hydroxylation is 1. The van der Waals surface area contributed by atoms with E-state index in [0.29, 0.717) is 23.1 Å². The molecular weight excluding hydrogens is 312 g/mol. The maximum Gasteiger partial charge on any atom is 0.308 e. The van der Waals surface area contributed by atoms with Gasteiger partial charge in [-0.2, -0.15) is 0 Å². The predicted molar refractivity (Wildman–Crippen MR) is 84.2 cm³/mol. The van der Waals surface area contributed by atoms with Crippen LogP contribution in [0.3, 0.4) is 0 Å². The number of carbonyl (C=O) groups excluding carboxylic acids is 1. The first kappa shape index (κ1) is 16.3. The lowest BCUT2D eigenvalue weighted by Crippen LogP contribution is -2.39. The Labute approximate surface area is 139 Å². The summed E-state index contributed by atoms with van der Waals surface area (Å²) in [4.78, 5) is 29.7. The van der Waals surface area contributed by atoms with Gasteiger partial charge in [0.15, 0.2) is 5.76 Å². The molecule has 24 heavy (non-hydrogen) atoms. The fourth-order valence-corrected chi connectivity index (χ4v) is 2.56. The summed E-state index contributed by atoms with van der Waals surface area (Å²) in [5.74, 6) is -0.185. The second kappa shape index (κ2) is 6.51. The van der Waals surface area contributed by atoms with E-state index in [0.717, 1.165) is 12.8 Å². The maximum atomic E-state index is 12.6. The standard InChI is InChI=1S/C17H20N2O5/c1-10(17(21)22)9-19(12-5-6-12)15(20)8-13-11(2)24-16(18-13)14-4-3-7-23-14/h3-4,7,10,12H,5-6,8-9H2,1-2H3,(H,21,22). The molecule has 1 saturated carbocycles. The van der Waals surface area contributed by atoms with E-state index < -0.39 is 11.9 Å². The monoisotopic (exact) mass is 332 g/mol. The van der Waals surface area contributed by atoms with Gasteiger partial charge in [-0.05, 0) is 31.9 Å². The normalized spacial score (nSPS) is 15.2. The number of hydrogen-bond acceptors (Lipinski definition) is 5. The lowest BCUT2D eigenvalue weighted by atomic mass is 10.1. The number of rotatable bonds is 7. The van der Waals surface area contributed by atoms with Crippen LogP contribution in [0.2, 0.25) is 0 Å². The summed E-state index contributed by atoms with van der Waals surface area (Å²) in [5, 5.41) is 9.08. The van der Waals surface area contributed by atoms with Crippen molar-refractivity contribution >= 4 is 11.9 Å². The van der Waals surface area contributed by atoms with Crippen LogP contribution in [-0.2, 0) is 16.0 Å². The molecule has 3 rings (SSSR count). The van der Waals surface area contributed by atoms with Gasteiger partial charge in [0.2, 0.25) is 5.91 Å². The number of carboxylic acid groups (broad SMARTS) is 1. The molecule has 0 aliphatic heterocycles. The van der Waals surface area contributed by atoms with Crippen LogP contribution in [0.5, 0.6) is 0 Å². The third kappa shape index (κ3) is 3.50. The molecule has 7 nitrogen and oxygen atoms in total. The van der Waals surface area contributed by atoms with Gasteiger partial charge in [0.25, 0.3) is 5.89 Å². The molecule has 2 aromatic rings. The Morgan fingerprint density at radius 3 is 2.79 bits per heavy atom. The predicted octanol–water partition coefficient (Wildman–Crippen LogP) is 2.50. The van der Waals surface area contributed by atoms with E-state index >= 15 is 0 Å². The Balaban J connectivity index is 1.72. The van der Waals surface area contributed by atoms with E-state index in [1.807, 2.05) is 0 Å². The number of aromatic nitrogens is 1. The van der Waals surface area contributed by atoms with Gasteiger partial charge in [0.1, 0.15) is 5.76 Å². The summed E-state index contributed by atoms with van der Waals surface area (Å²) in [6.07, 6.45) is 3.47. The van der Waals surface area contributed by atoms with Gasteiger partial charge >= 0.3 is 5.97 Å². The first-order chi connectivity index (χ1) is 11.5. The van der Waals surface area contributed by atoms with Crippen molar-refractivity contribution < 1.29 is 23.5 Å². The molecule has 0 aromatic carbocycles. The highest BCUT2D eigenvalue weighted by Crippen LogP contribution is 2.29. The average molecular weight is 332 g/mol. The topological polar surface area (TPSA) is 96.8 Å². The zero-order valence-electron chi connectivity index (χ0n) is 13.7. The quantitative estimate of drug-likeness (QED) is 0.836. The summed E-state index contributed by atoms with van der Waals surface area (Å²) < 4.78 is 10.8. The first-order valence-electron chi connectivity index (χ1n) is 7.98. The van der Waals surface area contributed by atoms with Gasteiger partial charge in [0.05, 0.1) is 24.3 Å². The van der Waals surface area contributed by atoms with Crippen LogP contribution in [0, 0.1) is 12.8 Å². The van der Waals surface area contributed by atoms with Crippen LogP contribution < -0.4 is 0 Å². The van der Waals surface area contributed by atoms with Crippen molar-refractivity contribution in [1.29, 1.82) is 0 Å². The minimum Gasteiger partial charge on any atom is -0.481 e. The first-order valence-corrected chi connectivity index (χ1v) is 7.98. The average Bonchev–Trinajstić information content (AvgIpc) is 3.09. The molecule has 1 aliphatic carbocycles. The fraction of sp³-hybridized carbons (Fsp3) is 0.471. The number of furan rings is 1. The molecule has 7 heteroatoms. The summed E-state index contributed by atoms with van der Waals surface area (Å²) in [5.41, 5.74) is 0.556. The number of oxazole rings is 1. The van der Waals surface area contributed by atoms with Crippen LogP contribution in [0.25, 0.3) is 11.7 Å². The van der Waals surface area contributed by atoms with Crippen LogP contribution in [-0.4, -0.2) is 39.5 Å². The lowest BCUT2D eigenvalue weighted by molar-refractivity contribution is -0.143. The summed E-state index contributed by atoms with van der Waals surface area (Å²) in [7, 11) is 0. The van der Waals surface area contributed by atoms with Crippen LogP contribution in [0.15, 0.2) is 27.2 Å². The molecule has 128 valence electrons. The third-order valence-corrected chi connectivity index (χ3v) is 4.14. The SMILES string of the molecule is Cc1oc(-c2ccco2)nc1CC(=O)N(CC(C)C(=O)O)C1CC1. The molecule has 1 aliphatic rings. The Morgan fingerprint density at radius 1 is 1.46 bits per heavy atom. The number of aliphatic carboxylic acids is 1. The van der Waals surface area contributed by atoms with Gasteiger partial charge in [0, 0.05) is 12.6 Å². The van der Waals surface area contributed by atoms with E-state index in [1.165, 1.54) is 6.26 Å². The summed E-state index contributed by atoms with van der Waals surface area (Å²) in [6.45, 7) is 3.59. The Hall–Kier alpha value is -2.57. The third-order valence-electron chi connectivity index (χ3n) is 4.14. The van der Waals surface area contributed by atoms with Crippen molar-refractivity contribution in [3.63, 3.8) is 0 Å². The van der Waals surface area contributed by atoms with Crippen molar-refractivity contribution in [3.05, 3.63) is 29.9 Å². The van der Waals surface area contributed by atoms with Crippen molar-refractivity contribution in [2.45, 2.75) is 39.2 Å². The highest BCUT2D eigenvalue weighted by atomic mass is 16.4. The molecule has 0 bridgehead atoms. The number of nitrogens with zero attached hydrogens (tertiary/aromatic N) is 2. The number of carbonyl (C=O) groups is 2. The molecule has 1 atom stereocenters. The molecular formula is C17H20N2O5. The molecule has 2 aromatic heterocycles. The molecule has 1 amide bonds. The van der Waals surface area contributed by atoms with Gasteiger partial charge in [-0.1, -0.05) is 6.92 Å². The highest BCUT2D eigenvalue weighted by Gasteiger charge is 2.35. The zero-order valence-corrected chi connectivity index (χ0v) is 13.7. The second-order valence-corrected chi connectivity index (χ2v) is 6.19. The Morgan fingerprint density at radius 2 is 2.21 bits per heavy atom. The molecule has 1 unspecified atom stereocenters. The molecule has 1 fully saturated rings. The molecule has 0 spiro atoms. The van der Waals surface area contributed by atoms with Gasteiger partial charge < -0.3 is 18.8 Å². The zero-order chi connectivity index (χ0) is 17.3. The highest BCUT2D eigenvalue weighted by molar-refractivity contribution is 5.80. The van der Waals surface area contributed by atoms with E-state index in [4.69, 9.17) is 13.9 Å². The minimum atomic E-state index is -0.897. The molecule has 2 heterocycles. The molecule has 0 radical (unpaired) electrons. The van der Waals surface area contributed by atoms with Crippen LogP contribution >= 0.6 is 0 Å². The largest absolute Gasteiger partial charge is 0.481 e. The van der Waals surface area contributed by atoms with Gasteiger partial charge in [-0.3, -0.25) is 9.59 Å². The van der Waals surface area contributed by atoms with E-state index in [9.17, 15) is 9.59 Å². The maximum absolute atomic E-state index is 12.6. The van der Waals surface area contributed by atoms with Crippen molar-refractivity contribution in [2.75, 3.05) is 6.54 Å².